The molecule has 1 unspecified atom stereocenters. The summed E-state index contributed by atoms with van der Waals surface area (Å²) in [6.45, 7) is 3.01. The van der Waals surface area contributed by atoms with Crippen LogP contribution in [-0.4, -0.2) is 35.8 Å². The molecular formula is C15H20N2O2. The number of benzene rings is 1. The SMILES string of the molecule is CC(=O)NC1CCCN(C(=O)c2ccccc2)CC1. The predicted octanol–water partition coefficient (Wildman–Crippen LogP) is 1.82. The highest BCUT2D eigenvalue weighted by molar-refractivity contribution is 5.94. The van der Waals surface area contributed by atoms with Crippen LogP contribution in [0.25, 0.3) is 0 Å². The fourth-order valence-electron chi connectivity index (χ4n) is 2.49. The molecule has 0 saturated carbocycles. The van der Waals surface area contributed by atoms with E-state index in [9.17, 15) is 9.59 Å². The lowest BCUT2D eigenvalue weighted by Crippen LogP contribution is -2.35. The first-order valence-corrected chi connectivity index (χ1v) is 6.78. The first-order chi connectivity index (χ1) is 9.16. The molecule has 4 heteroatoms. The summed E-state index contributed by atoms with van der Waals surface area (Å²) in [5.41, 5.74) is 0.737. The van der Waals surface area contributed by atoms with Crippen molar-refractivity contribution in [2.75, 3.05) is 13.1 Å². The van der Waals surface area contributed by atoms with E-state index >= 15 is 0 Å². The number of carbonyl (C=O) groups is 2. The lowest BCUT2D eigenvalue weighted by molar-refractivity contribution is -0.119. The average molecular weight is 260 g/mol. The molecule has 1 aromatic carbocycles. The van der Waals surface area contributed by atoms with Gasteiger partial charge in [0.2, 0.25) is 5.91 Å². The van der Waals surface area contributed by atoms with Crippen LogP contribution in [0.15, 0.2) is 30.3 Å². The molecule has 0 bridgehead atoms. The van der Waals surface area contributed by atoms with Gasteiger partial charge in [-0.2, -0.15) is 0 Å². The van der Waals surface area contributed by atoms with Gasteiger partial charge in [0.05, 0.1) is 0 Å². The zero-order valence-electron chi connectivity index (χ0n) is 11.3. The molecule has 0 radical (unpaired) electrons. The normalized spacial score (nSPS) is 19.6. The second kappa shape index (κ2) is 6.36. The summed E-state index contributed by atoms with van der Waals surface area (Å²) >= 11 is 0. The first kappa shape index (κ1) is 13.6. The minimum Gasteiger partial charge on any atom is -0.354 e. The Morgan fingerprint density at radius 3 is 2.58 bits per heavy atom. The molecule has 1 heterocycles. The highest BCUT2D eigenvalue weighted by Gasteiger charge is 2.21. The number of likely N-dealkylation sites (tertiary alicyclic amines) is 1. The minimum absolute atomic E-state index is 0.00726. The van der Waals surface area contributed by atoms with Crippen LogP contribution in [0.1, 0.15) is 36.5 Å². The van der Waals surface area contributed by atoms with E-state index in [4.69, 9.17) is 0 Å². The van der Waals surface area contributed by atoms with Gasteiger partial charge in [-0.25, -0.2) is 0 Å². The van der Waals surface area contributed by atoms with Gasteiger partial charge in [-0.1, -0.05) is 18.2 Å². The summed E-state index contributed by atoms with van der Waals surface area (Å²) in [6, 6.07) is 9.56. The third-order valence-corrected chi connectivity index (χ3v) is 3.44. The number of amides is 2. The molecule has 1 aliphatic rings. The number of rotatable bonds is 2. The average Bonchev–Trinajstić information content (AvgIpc) is 2.64. The van der Waals surface area contributed by atoms with Crippen LogP contribution in [0, 0.1) is 0 Å². The smallest absolute Gasteiger partial charge is 0.253 e. The van der Waals surface area contributed by atoms with Crippen molar-refractivity contribution in [3.05, 3.63) is 35.9 Å². The Morgan fingerprint density at radius 1 is 1.16 bits per heavy atom. The fourth-order valence-corrected chi connectivity index (χ4v) is 2.49. The number of nitrogens with zero attached hydrogens (tertiary/aromatic N) is 1. The quantitative estimate of drug-likeness (QED) is 0.881. The van der Waals surface area contributed by atoms with Crippen LogP contribution in [0.3, 0.4) is 0 Å². The van der Waals surface area contributed by atoms with Crippen molar-refractivity contribution in [3.8, 4) is 0 Å². The molecule has 2 amide bonds. The van der Waals surface area contributed by atoms with E-state index in [0.717, 1.165) is 31.4 Å². The molecule has 0 aromatic heterocycles. The van der Waals surface area contributed by atoms with Crippen molar-refractivity contribution >= 4 is 11.8 Å². The molecule has 1 aromatic rings. The molecule has 1 aliphatic heterocycles. The van der Waals surface area contributed by atoms with Crippen LogP contribution < -0.4 is 5.32 Å². The van der Waals surface area contributed by atoms with Crippen molar-refractivity contribution in [3.63, 3.8) is 0 Å². The molecule has 19 heavy (non-hydrogen) atoms. The van der Waals surface area contributed by atoms with Crippen molar-refractivity contribution in [1.82, 2.24) is 10.2 Å². The number of hydrogen-bond acceptors (Lipinski definition) is 2. The molecule has 1 N–H and O–H groups in total. The van der Waals surface area contributed by atoms with Gasteiger partial charge in [0.15, 0.2) is 0 Å². The Kier molecular flexibility index (Phi) is 4.55. The highest BCUT2D eigenvalue weighted by atomic mass is 16.2. The summed E-state index contributed by atoms with van der Waals surface area (Å²) in [6.07, 6.45) is 2.71. The minimum atomic E-state index is 0.00726. The van der Waals surface area contributed by atoms with Crippen LogP contribution in [0.5, 0.6) is 0 Å². The summed E-state index contributed by atoms with van der Waals surface area (Å²) < 4.78 is 0. The third kappa shape index (κ3) is 3.81. The topological polar surface area (TPSA) is 49.4 Å². The van der Waals surface area contributed by atoms with Crippen LogP contribution in [0.4, 0.5) is 0 Å². The molecule has 102 valence electrons. The molecular weight excluding hydrogens is 240 g/mol. The summed E-state index contributed by atoms with van der Waals surface area (Å²) in [7, 11) is 0. The zero-order chi connectivity index (χ0) is 13.7. The Bertz CT molecular complexity index is 445. The maximum absolute atomic E-state index is 12.3. The van der Waals surface area contributed by atoms with Gasteiger partial charge < -0.3 is 10.2 Å². The summed E-state index contributed by atoms with van der Waals surface area (Å²) in [4.78, 5) is 25.3. The largest absolute Gasteiger partial charge is 0.354 e. The second-order valence-corrected chi connectivity index (χ2v) is 4.99. The van der Waals surface area contributed by atoms with E-state index in [-0.39, 0.29) is 17.9 Å². The van der Waals surface area contributed by atoms with Crippen molar-refractivity contribution < 1.29 is 9.59 Å². The molecule has 2 rings (SSSR count). The van der Waals surface area contributed by atoms with E-state index in [1.54, 1.807) is 0 Å². The molecule has 0 spiro atoms. The maximum Gasteiger partial charge on any atom is 0.253 e. The van der Waals surface area contributed by atoms with Crippen LogP contribution >= 0.6 is 0 Å². The fraction of sp³-hybridized carbons (Fsp3) is 0.467. The molecule has 0 aliphatic carbocycles. The van der Waals surface area contributed by atoms with Crippen molar-refractivity contribution in [2.24, 2.45) is 0 Å². The Labute approximate surface area is 113 Å². The van der Waals surface area contributed by atoms with Gasteiger partial charge in [0.25, 0.3) is 5.91 Å². The van der Waals surface area contributed by atoms with E-state index in [2.05, 4.69) is 5.32 Å². The van der Waals surface area contributed by atoms with Gasteiger partial charge in [0, 0.05) is 31.6 Å². The molecule has 1 fully saturated rings. The molecule has 4 nitrogen and oxygen atoms in total. The third-order valence-electron chi connectivity index (χ3n) is 3.44. The van der Waals surface area contributed by atoms with Gasteiger partial charge in [-0.15, -0.1) is 0 Å². The zero-order valence-corrected chi connectivity index (χ0v) is 11.3. The van der Waals surface area contributed by atoms with E-state index in [1.807, 2.05) is 35.2 Å². The highest BCUT2D eigenvalue weighted by Crippen LogP contribution is 2.14. The van der Waals surface area contributed by atoms with E-state index in [1.165, 1.54) is 6.92 Å². The summed E-state index contributed by atoms with van der Waals surface area (Å²) in [5.74, 6) is 0.0944. The predicted molar refractivity (Wildman–Crippen MR) is 73.8 cm³/mol. The Balaban J connectivity index is 1.96. The van der Waals surface area contributed by atoms with Gasteiger partial charge >= 0.3 is 0 Å². The lowest BCUT2D eigenvalue weighted by atomic mass is 10.1. The van der Waals surface area contributed by atoms with Gasteiger partial charge in [-0.3, -0.25) is 9.59 Å². The number of carbonyl (C=O) groups excluding carboxylic acids is 2. The maximum atomic E-state index is 12.3. The molecule has 1 atom stereocenters. The first-order valence-electron chi connectivity index (χ1n) is 6.78. The van der Waals surface area contributed by atoms with Gasteiger partial charge in [-0.05, 0) is 31.4 Å². The van der Waals surface area contributed by atoms with Crippen LogP contribution in [0.2, 0.25) is 0 Å². The Morgan fingerprint density at radius 2 is 1.89 bits per heavy atom. The second-order valence-electron chi connectivity index (χ2n) is 4.99. The Hall–Kier alpha value is -1.84. The monoisotopic (exact) mass is 260 g/mol. The number of hydrogen-bond donors (Lipinski definition) is 1. The molecule has 1 saturated heterocycles. The van der Waals surface area contributed by atoms with E-state index < -0.39 is 0 Å². The number of nitrogens with one attached hydrogen (secondary N) is 1. The van der Waals surface area contributed by atoms with Gasteiger partial charge in [0.1, 0.15) is 0 Å². The van der Waals surface area contributed by atoms with Crippen molar-refractivity contribution in [1.29, 1.82) is 0 Å². The lowest BCUT2D eigenvalue weighted by Gasteiger charge is -2.20. The standard InChI is InChI=1S/C15H20N2O2/c1-12(18)16-14-8-5-10-17(11-9-14)15(19)13-6-3-2-4-7-13/h2-4,6-7,14H,5,8-11H2,1H3,(H,16,18). The van der Waals surface area contributed by atoms with Crippen molar-refractivity contribution in [2.45, 2.75) is 32.2 Å². The van der Waals surface area contributed by atoms with E-state index in [0.29, 0.717) is 6.54 Å². The summed E-state index contributed by atoms with van der Waals surface area (Å²) in [5, 5.41) is 2.94. The van der Waals surface area contributed by atoms with Crippen LogP contribution in [-0.2, 0) is 4.79 Å².